The number of halogens is 1. The van der Waals surface area contributed by atoms with Crippen LogP contribution in [-0.2, 0) is 13.0 Å². The summed E-state index contributed by atoms with van der Waals surface area (Å²) in [6, 6.07) is 15.4. The van der Waals surface area contributed by atoms with Crippen molar-refractivity contribution in [2.45, 2.75) is 31.8 Å². The van der Waals surface area contributed by atoms with E-state index in [-0.39, 0.29) is 0 Å². The predicted octanol–water partition coefficient (Wildman–Crippen LogP) is 4.62. The average Bonchev–Trinajstić information content (AvgIpc) is 2.52. The normalized spacial score (nSPS) is 17.3. The van der Waals surface area contributed by atoms with Gasteiger partial charge in [-0.3, -0.25) is 0 Å². The summed E-state index contributed by atoms with van der Waals surface area (Å²) in [4.78, 5) is 0. The molecule has 0 heterocycles. The van der Waals surface area contributed by atoms with Crippen LogP contribution >= 0.6 is 15.9 Å². The Hall–Kier alpha value is -1.32. The zero-order valence-corrected chi connectivity index (χ0v) is 13.8. The largest absolute Gasteiger partial charge is 0.497 e. The highest BCUT2D eigenvalue weighted by atomic mass is 79.9. The molecule has 110 valence electrons. The van der Waals surface area contributed by atoms with Crippen molar-refractivity contribution in [1.29, 1.82) is 0 Å². The summed E-state index contributed by atoms with van der Waals surface area (Å²) in [6.45, 7) is 0.898. The van der Waals surface area contributed by atoms with Gasteiger partial charge >= 0.3 is 0 Å². The second-order valence-corrected chi connectivity index (χ2v) is 6.44. The molecule has 2 aromatic carbocycles. The third kappa shape index (κ3) is 3.47. The molecular formula is C18H20BrNO. The summed E-state index contributed by atoms with van der Waals surface area (Å²) in [7, 11) is 1.73. The molecule has 0 aromatic heterocycles. The van der Waals surface area contributed by atoms with Gasteiger partial charge in [0.25, 0.3) is 0 Å². The molecule has 3 heteroatoms. The lowest BCUT2D eigenvalue weighted by molar-refractivity contribution is 0.410. The Morgan fingerprint density at radius 3 is 2.95 bits per heavy atom. The van der Waals surface area contributed by atoms with E-state index in [1.165, 1.54) is 29.5 Å². The van der Waals surface area contributed by atoms with E-state index in [4.69, 9.17) is 4.74 Å². The monoisotopic (exact) mass is 345 g/mol. The molecule has 2 aromatic rings. The van der Waals surface area contributed by atoms with Crippen LogP contribution in [0.1, 0.15) is 35.6 Å². The molecule has 1 aliphatic carbocycles. The van der Waals surface area contributed by atoms with E-state index >= 15 is 0 Å². The molecule has 1 N–H and O–H groups in total. The summed E-state index contributed by atoms with van der Waals surface area (Å²) < 4.78 is 6.47. The molecule has 1 aliphatic rings. The number of hydrogen-bond donors (Lipinski definition) is 1. The van der Waals surface area contributed by atoms with Gasteiger partial charge < -0.3 is 10.1 Å². The maximum absolute atomic E-state index is 5.33. The van der Waals surface area contributed by atoms with Crippen LogP contribution in [0.2, 0.25) is 0 Å². The van der Waals surface area contributed by atoms with Crippen molar-refractivity contribution in [3.8, 4) is 5.75 Å². The molecule has 21 heavy (non-hydrogen) atoms. The first-order valence-electron chi connectivity index (χ1n) is 7.41. The maximum Gasteiger partial charge on any atom is 0.119 e. The van der Waals surface area contributed by atoms with Gasteiger partial charge in [-0.05, 0) is 60.2 Å². The van der Waals surface area contributed by atoms with Gasteiger partial charge in [0, 0.05) is 17.1 Å². The van der Waals surface area contributed by atoms with Crippen molar-refractivity contribution in [2.24, 2.45) is 0 Å². The predicted molar refractivity (Wildman–Crippen MR) is 89.7 cm³/mol. The summed E-state index contributed by atoms with van der Waals surface area (Å²) in [5.74, 6) is 0.960. The van der Waals surface area contributed by atoms with Gasteiger partial charge in [0.05, 0.1) is 7.11 Å². The van der Waals surface area contributed by atoms with E-state index < -0.39 is 0 Å². The van der Waals surface area contributed by atoms with Gasteiger partial charge in [0.2, 0.25) is 0 Å². The minimum atomic E-state index is 0.443. The fraction of sp³-hybridized carbons (Fsp3) is 0.333. The highest BCUT2D eigenvalue weighted by Gasteiger charge is 2.20. The van der Waals surface area contributed by atoms with Crippen LogP contribution in [0.5, 0.6) is 5.75 Å². The third-order valence-corrected chi connectivity index (χ3v) is 4.60. The molecule has 3 rings (SSSR count). The summed E-state index contributed by atoms with van der Waals surface area (Å²) in [5.41, 5.74) is 4.16. The van der Waals surface area contributed by atoms with Crippen molar-refractivity contribution < 1.29 is 4.74 Å². The van der Waals surface area contributed by atoms with E-state index in [0.29, 0.717) is 6.04 Å². The van der Waals surface area contributed by atoms with E-state index in [0.717, 1.165) is 23.2 Å². The fourth-order valence-electron chi connectivity index (χ4n) is 3.02. The first-order chi connectivity index (χ1) is 10.3. The summed E-state index contributed by atoms with van der Waals surface area (Å²) in [5, 5.41) is 3.70. The Morgan fingerprint density at radius 1 is 1.24 bits per heavy atom. The van der Waals surface area contributed by atoms with Gasteiger partial charge in [-0.1, -0.05) is 34.1 Å². The molecule has 1 atom stereocenters. The van der Waals surface area contributed by atoms with E-state index in [2.05, 4.69) is 63.7 Å². The van der Waals surface area contributed by atoms with Crippen LogP contribution in [0.15, 0.2) is 46.9 Å². The fourth-order valence-corrected chi connectivity index (χ4v) is 3.46. The highest BCUT2D eigenvalue weighted by Crippen LogP contribution is 2.32. The van der Waals surface area contributed by atoms with E-state index in [9.17, 15) is 0 Å². The highest BCUT2D eigenvalue weighted by molar-refractivity contribution is 9.10. The Morgan fingerprint density at radius 2 is 2.14 bits per heavy atom. The molecule has 0 saturated heterocycles. The SMILES string of the molecule is COc1ccc2c(c1)CCCC2NCc1cccc(Br)c1. The van der Waals surface area contributed by atoms with Gasteiger partial charge in [-0.25, -0.2) is 0 Å². The summed E-state index contributed by atoms with van der Waals surface area (Å²) >= 11 is 3.53. The van der Waals surface area contributed by atoms with E-state index in [1.807, 2.05) is 0 Å². The molecule has 2 nitrogen and oxygen atoms in total. The quantitative estimate of drug-likeness (QED) is 0.872. The van der Waals surface area contributed by atoms with Crippen LogP contribution < -0.4 is 10.1 Å². The zero-order valence-electron chi connectivity index (χ0n) is 12.2. The molecule has 0 radical (unpaired) electrons. The van der Waals surface area contributed by atoms with Gasteiger partial charge in [0.15, 0.2) is 0 Å². The van der Waals surface area contributed by atoms with Crippen LogP contribution in [0.25, 0.3) is 0 Å². The molecule has 0 amide bonds. The summed E-state index contributed by atoms with van der Waals surface area (Å²) in [6.07, 6.45) is 3.59. The zero-order chi connectivity index (χ0) is 14.7. The Kier molecular flexibility index (Phi) is 4.61. The lowest BCUT2D eigenvalue weighted by atomic mass is 9.87. The number of benzene rings is 2. The van der Waals surface area contributed by atoms with Crippen molar-refractivity contribution in [3.63, 3.8) is 0 Å². The van der Waals surface area contributed by atoms with Crippen molar-refractivity contribution in [1.82, 2.24) is 5.32 Å². The Labute approximate surface area is 134 Å². The Bertz CT molecular complexity index is 626. The number of aryl methyl sites for hydroxylation is 1. The lowest BCUT2D eigenvalue weighted by Gasteiger charge is -2.27. The number of ether oxygens (including phenoxy) is 1. The average molecular weight is 346 g/mol. The number of rotatable bonds is 4. The van der Waals surface area contributed by atoms with E-state index in [1.54, 1.807) is 7.11 Å². The molecule has 0 bridgehead atoms. The third-order valence-electron chi connectivity index (χ3n) is 4.11. The molecular weight excluding hydrogens is 326 g/mol. The number of fused-ring (bicyclic) bond motifs is 1. The lowest BCUT2D eigenvalue weighted by Crippen LogP contribution is -2.24. The second kappa shape index (κ2) is 6.63. The molecule has 0 fully saturated rings. The molecule has 0 spiro atoms. The molecule has 0 saturated carbocycles. The first-order valence-corrected chi connectivity index (χ1v) is 8.20. The topological polar surface area (TPSA) is 21.3 Å². The number of methoxy groups -OCH3 is 1. The van der Waals surface area contributed by atoms with Gasteiger partial charge in [-0.15, -0.1) is 0 Å². The molecule has 0 aliphatic heterocycles. The smallest absolute Gasteiger partial charge is 0.119 e. The van der Waals surface area contributed by atoms with Gasteiger partial charge in [0.1, 0.15) is 5.75 Å². The number of hydrogen-bond acceptors (Lipinski definition) is 2. The minimum Gasteiger partial charge on any atom is -0.497 e. The first kappa shape index (κ1) is 14.6. The van der Waals surface area contributed by atoms with Crippen LogP contribution in [0, 0.1) is 0 Å². The van der Waals surface area contributed by atoms with Crippen LogP contribution in [0.3, 0.4) is 0 Å². The van der Waals surface area contributed by atoms with Crippen molar-refractivity contribution in [3.05, 3.63) is 63.6 Å². The standard InChI is InChI=1S/C18H20BrNO/c1-21-16-8-9-17-14(11-16)5-3-7-18(17)20-12-13-4-2-6-15(19)10-13/h2,4,6,8-11,18,20H,3,5,7,12H2,1H3. The second-order valence-electron chi connectivity index (χ2n) is 5.52. The van der Waals surface area contributed by atoms with Crippen molar-refractivity contribution in [2.75, 3.05) is 7.11 Å². The van der Waals surface area contributed by atoms with Crippen LogP contribution in [-0.4, -0.2) is 7.11 Å². The minimum absolute atomic E-state index is 0.443. The van der Waals surface area contributed by atoms with Crippen LogP contribution in [0.4, 0.5) is 0 Å². The molecule has 1 unspecified atom stereocenters. The van der Waals surface area contributed by atoms with Crippen molar-refractivity contribution >= 4 is 15.9 Å². The Balaban J connectivity index is 1.73. The number of nitrogens with one attached hydrogen (secondary N) is 1. The van der Waals surface area contributed by atoms with Gasteiger partial charge in [-0.2, -0.15) is 0 Å². The maximum atomic E-state index is 5.33.